The number of aryl methyl sites for hydroxylation is 1. The summed E-state index contributed by atoms with van der Waals surface area (Å²) in [5, 5.41) is 9.11. The number of nitrogens with zero attached hydrogens (tertiary/aromatic N) is 4. The number of aromatic nitrogens is 3. The summed E-state index contributed by atoms with van der Waals surface area (Å²) in [6.07, 6.45) is 1.97. The molecule has 0 aliphatic carbocycles. The van der Waals surface area contributed by atoms with Gasteiger partial charge in [-0.3, -0.25) is 4.79 Å². The van der Waals surface area contributed by atoms with Gasteiger partial charge in [-0.25, -0.2) is 4.68 Å². The van der Waals surface area contributed by atoms with Crippen molar-refractivity contribution in [2.45, 2.75) is 46.6 Å². The maximum atomic E-state index is 12.9. The van der Waals surface area contributed by atoms with E-state index in [0.29, 0.717) is 26.3 Å². The van der Waals surface area contributed by atoms with Crippen LogP contribution in [-0.4, -0.2) is 52.4 Å². The van der Waals surface area contributed by atoms with Crippen molar-refractivity contribution >= 4 is 16.9 Å². The monoisotopic (exact) mass is 400 g/mol. The molecule has 2 aromatic heterocycles. The molecule has 0 saturated heterocycles. The number of ether oxygens (including phenoxy) is 2. The number of carbonyl (C=O) groups is 1. The summed E-state index contributed by atoms with van der Waals surface area (Å²) in [6, 6.07) is 7.88. The first-order valence-corrected chi connectivity index (χ1v) is 9.95. The number of hydrogen-bond acceptors (Lipinski definition) is 6. The molecular weight excluding hydrogens is 372 g/mol. The molecule has 156 valence electrons. The van der Waals surface area contributed by atoms with E-state index >= 15 is 0 Å². The Morgan fingerprint density at radius 2 is 1.93 bits per heavy atom. The van der Waals surface area contributed by atoms with Gasteiger partial charge >= 0.3 is 0 Å². The Morgan fingerprint density at radius 1 is 1.21 bits per heavy atom. The van der Waals surface area contributed by atoms with E-state index < -0.39 is 6.29 Å². The summed E-state index contributed by atoms with van der Waals surface area (Å²) < 4.78 is 18.5. The molecule has 0 fully saturated rings. The Balaban J connectivity index is 1.72. The Kier molecular flexibility index (Phi) is 7.00. The number of furan rings is 1. The summed E-state index contributed by atoms with van der Waals surface area (Å²) in [5.74, 6) is 0.693. The zero-order valence-corrected chi connectivity index (χ0v) is 17.4. The molecule has 0 unspecified atom stereocenters. The van der Waals surface area contributed by atoms with Crippen molar-refractivity contribution in [2.75, 3.05) is 20.3 Å². The number of para-hydroxylation sites is 1. The first-order valence-electron chi connectivity index (χ1n) is 9.95. The maximum Gasteiger partial charge on any atom is 0.276 e. The van der Waals surface area contributed by atoms with E-state index in [1.807, 2.05) is 45.0 Å². The highest BCUT2D eigenvalue weighted by Gasteiger charge is 2.21. The second-order valence-corrected chi connectivity index (χ2v) is 6.68. The van der Waals surface area contributed by atoms with Crippen LogP contribution in [0.3, 0.4) is 0 Å². The van der Waals surface area contributed by atoms with Gasteiger partial charge in [0.05, 0.1) is 12.7 Å². The average Bonchev–Trinajstić information content (AvgIpc) is 3.32. The molecule has 3 rings (SSSR count). The average molecular weight is 400 g/mol. The lowest BCUT2D eigenvalue weighted by atomic mass is 10.1. The Bertz CT molecular complexity index is 943. The highest BCUT2D eigenvalue weighted by Crippen LogP contribution is 2.27. The van der Waals surface area contributed by atoms with Crippen LogP contribution in [0.15, 0.2) is 34.9 Å². The first kappa shape index (κ1) is 21.0. The smallest absolute Gasteiger partial charge is 0.276 e. The standard InChI is InChI=1S/C21H28N4O4/c1-5-18-16(15-10-8-9-11-19(15)29-18)12-24(4)21(26)17-13-25(23-22-17)14-20(27-6-2)28-7-3/h8-11,13,20H,5-7,12,14H2,1-4H3. The van der Waals surface area contributed by atoms with Crippen LogP contribution in [0.4, 0.5) is 0 Å². The van der Waals surface area contributed by atoms with Gasteiger partial charge in [0.2, 0.25) is 0 Å². The van der Waals surface area contributed by atoms with Crippen LogP contribution >= 0.6 is 0 Å². The molecule has 0 aliphatic rings. The van der Waals surface area contributed by atoms with Crippen molar-refractivity contribution in [1.29, 1.82) is 0 Å². The van der Waals surface area contributed by atoms with E-state index in [-0.39, 0.29) is 11.6 Å². The van der Waals surface area contributed by atoms with Gasteiger partial charge in [-0.05, 0) is 19.9 Å². The lowest BCUT2D eigenvalue weighted by Crippen LogP contribution is -2.27. The van der Waals surface area contributed by atoms with Gasteiger partial charge in [-0.1, -0.05) is 30.3 Å². The zero-order valence-electron chi connectivity index (χ0n) is 17.4. The van der Waals surface area contributed by atoms with Crippen molar-refractivity contribution in [3.63, 3.8) is 0 Å². The van der Waals surface area contributed by atoms with Crippen molar-refractivity contribution < 1.29 is 18.7 Å². The van der Waals surface area contributed by atoms with Gasteiger partial charge in [0, 0.05) is 44.2 Å². The molecule has 0 bridgehead atoms. The van der Waals surface area contributed by atoms with E-state index in [0.717, 1.165) is 28.7 Å². The van der Waals surface area contributed by atoms with Gasteiger partial charge in [-0.2, -0.15) is 0 Å². The van der Waals surface area contributed by atoms with E-state index in [1.54, 1.807) is 22.8 Å². The molecular formula is C21H28N4O4. The lowest BCUT2D eigenvalue weighted by molar-refractivity contribution is -0.145. The number of amides is 1. The van der Waals surface area contributed by atoms with Crippen LogP contribution < -0.4 is 0 Å². The molecule has 1 amide bonds. The van der Waals surface area contributed by atoms with E-state index in [9.17, 15) is 4.79 Å². The minimum absolute atomic E-state index is 0.201. The Hall–Kier alpha value is -2.71. The third kappa shape index (κ3) is 4.83. The summed E-state index contributed by atoms with van der Waals surface area (Å²) >= 11 is 0. The second-order valence-electron chi connectivity index (χ2n) is 6.68. The van der Waals surface area contributed by atoms with Crippen LogP contribution in [0.25, 0.3) is 11.0 Å². The van der Waals surface area contributed by atoms with E-state index in [1.165, 1.54) is 0 Å². The fourth-order valence-electron chi connectivity index (χ4n) is 3.28. The fourth-order valence-corrected chi connectivity index (χ4v) is 3.28. The second kappa shape index (κ2) is 9.67. The minimum Gasteiger partial charge on any atom is -0.461 e. The number of carbonyl (C=O) groups excluding carboxylic acids is 1. The van der Waals surface area contributed by atoms with Crippen molar-refractivity contribution in [3.05, 3.63) is 47.5 Å². The largest absolute Gasteiger partial charge is 0.461 e. The Labute approximate surface area is 170 Å². The molecule has 29 heavy (non-hydrogen) atoms. The van der Waals surface area contributed by atoms with E-state index in [2.05, 4.69) is 10.3 Å². The minimum atomic E-state index is -0.420. The van der Waals surface area contributed by atoms with Crippen LogP contribution in [0.1, 0.15) is 42.6 Å². The maximum absolute atomic E-state index is 12.9. The van der Waals surface area contributed by atoms with Gasteiger partial charge in [0.25, 0.3) is 5.91 Å². The molecule has 0 saturated carbocycles. The van der Waals surface area contributed by atoms with Crippen LogP contribution in [0, 0.1) is 0 Å². The van der Waals surface area contributed by atoms with Crippen LogP contribution in [0.5, 0.6) is 0 Å². The van der Waals surface area contributed by atoms with Crippen LogP contribution in [-0.2, 0) is 29.0 Å². The SMILES string of the molecule is CCOC(Cn1cc(C(=O)N(C)Cc2c(CC)oc3ccccc23)nn1)OCC. The zero-order chi connectivity index (χ0) is 20.8. The van der Waals surface area contributed by atoms with Gasteiger partial charge < -0.3 is 18.8 Å². The normalized spacial score (nSPS) is 11.5. The molecule has 2 heterocycles. The quantitative estimate of drug-likeness (QED) is 0.486. The topological polar surface area (TPSA) is 82.6 Å². The molecule has 1 aromatic carbocycles. The summed E-state index contributed by atoms with van der Waals surface area (Å²) in [6.45, 7) is 7.73. The summed E-state index contributed by atoms with van der Waals surface area (Å²) in [5.41, 5.74) is 2.15. The Morgan fingerprint density at radius 3 is 2.62 bits per heavy atom. The predicted octanol–water partition coefficient (Wildman–Crippen LogP) is 3.26. The highest BCUT2D eigenvalue weighted by molar-refractivity contribution is 5.92. The van der Waals surface area contributed by atoms with Crippen molar-refractivity contribution in [3.8, 4) is 0 Å². The van der Waals surface area contributed by atoms with Gasteiger partial charge in [-0.15, -0.1) is 5.10 Å². The fraction of sp³-hybridized carbons (Fsp3) is 0.476. The van der Waals surface area contributed by atoms with Crippen molar-refractivity contribution in [1.82, 2.24) is 19.9 Å². The molecule has 0 aliphatic heterocycles. The lowest BCUT2D eigenvalue weighted by Gasteiger charge is -2.16. The van der Waals surface area contributed by atoms with E-state index in [4.69, 9.17) is 13.9 Å². The third-order valence-electron chi connectivity index (χ3n) is 4.64. The van der Waals surface area contributed by atoms with Crippen LogP contribution in [0.2, 0.25) is 0 Å². The molecule has 8 nitrogen and oxygen atoms in total. The highest BCUT2D eigenvalue weighted by atomic mass is 16.7. The molecule has 0 atom stereocenters. The van der Waals surface area contributed by atoms with Gasteiger partial charge in [0.15, 0.2) is 12.0 Å². The number of hydrogen-bond donors (Lipinski definition) is 0. The molecule has 0 spiro atoms. The van der Waals surface area contributed by atoms with Gasteiger partial charge in [0.1, 0.15) is 11.3 Å². The summed E-state index contributed by atoms with van der Waals surface area (Å²) in [7, 11) is 1.76. The number of rotatable bonds is 10. The van der Waals surface area contributed by atoms with Crippen molar-refractivity contribution in [2.24, 2.45) is 0 Å². The number of fused-ring (bicyclic) bond motifs is 1. The predicted molar refractivity (Wildman–Crippen MR) is 108 cm³/mol. The summed E-state index contributed by atoms with van der Waals surface area (Å²) in [4.78, 5) is 14.5. The molecule has 0 radical (unpaired) electrons. The first-order chi connectivity index (χ1) is 14.1. The molecule has 8 heteroatoms. The molecule has 3 aromatic rings. The third-order valence-corrected chi connectivity index (χ3v) is 4.64. The number of benzene rings is 1. The molecule has 0 N–H and O–H groups in total.